The molecule has 114 valence electrons. The molecule has 5 heteroatoms. The maximum Gasteiger partial charge on any atom is 0.141 e. The average Bonchev–Trinajstić information content (AvgIpc) is 3.01. The molecule has 24 heavy (non-hydrogen) atoms. The predicted octanol–water partition coefficient (Wildman–Crippen LogP) is 4.82. The molecule has 1 aromatic carbocycles. The minimum atomic E-state index is 0.387. The van der Waals surface area contributed by atoms with Gasteiger partial charge in [-0.3, -0.25) is 4.98 Å². The van der Waals surface area contributed by atoms with E-state index < -0.39 is 0 Å². The number of rotatable bonds is 2. The number of H-pyrrole nitrogens is 1. The van der Waals surface area contributed by atoms with Crippen LogP contribution in [0.5, 0.6) is 0 Å². The van der Waals surface area contributed by atoms with Crippen LogP contribution in [0.25, 0.3) is 33.4 Å². The van der Waals surface area contributed by atoms with Gasteiger partial charge in [0.05, 0.1) is 16.7 Å². The Balaban J connectivity index is 2.06. The molecule has 0 aliphatic heterocycles. The van der Waals surface area contributed by atoms with E-state index in [1.165, 1.54) is 0 Å². The third-order valence-corrected chi connectivity index (χ3v) is 4.11. The van der Waals surface area contributed by atoms with Gasteiger partial charge in [-0.1, -0.05) is 23.7 Å². The number of aromatic nitrogens is 3. The largest absolute Gasteiger partial charge is 0.353 e. The van der Waals surface area contributed by atoms with E-state index in [1.54, 1.807) is 18.5 Å². The maximum atomic E-state index is 9.17. The van der Waals surface area contributed by atoms with Gasteiger partial charge in [0.2, 0.25) is 0 Å². The predicted molar refractivity (Wildman–Crippen MR) is 94.5 cm³/mol. The fourth-order valence-corrected chi connectivity index (χ4v) is 2.89. The molecule has 0 amide bonds. The van der Waals surface area contributed by atoms with Gasteiger partial charge in [-0.15, -0.1) is 0 Å². The lowest BCUT2D eigenvalue weighted by Gasteiger charge is -2.05. The Hall–Kier alpha value is -3.16. The van der Waals surface area contributed by atoms with Crippen LogP contribution in [-0.2, 0) is 0 Å². The third kappa shape index (κ3) is 2.41. The second kappa shape index (κ2) is 5.80. The molecular formula is C19H11ClN4. The lowest BCUT2D eigenvalue weighted by molar-refractivity contribution is 1.32. The van der Waals surface area contributed by atoms with E-state index in [-0.39, 0.29) is 0 Å². The first-order valence-electron chi connectivity index (χ1n) is 7.35. The van der Waals surface area contributed by atoms with Gasteiger partial charge in [-0.05, 0) is 42.0 Å². The van der Waals surface area contributed by atoms with Crippen molar-refractivity contribution >= 4 is 22.6 Å². The van der Waals surface area contributed by atoms with Crippen LogP contribution in [0.1, 0.15) is 5.69 Å². The summed E-state index contributed by atoms with van der Waals surface area (Å²) in [4.78, 5) is 12.0. The summed E-state index contributed by atoms with van der Waals surface area (Å²) in [6.45, 7) is 0. The molecule has 0 aliphatic rings. The number of pyridine rings is 2. The fourth-order valence-electron chi connectivity index (χ4n) is 2.76. The zero-order chi connectivity index (χ0) is 16.5. The SMILES string of the molecule is N#Cc1ccc2[nH]c(-c3ccncc3)c(-c3ccc(Cl)cc3)c2n1. The number of hydrogen-bond acceptors (Lipinski definition) is 3. The molecule has 0 aliphatic carbocycles. The number of nitrogens with one attached hydrogen (secondary N) is 1. The molecule has 0 atom stereocenters. The van der Waals surface area contributed by atoms with Crippen LogP contribution in [0.2, 0.25) is 5.02 Å². The smallest absolute Gasteiger partial charge is 0.141 e. The number of benzene rings is 1. The van der Waals surface area contributed by atoms with E-state index in [1.807, 2.05) is 42.5 Å². The van der Waals surface area contributed by atoms with E-state index in [0.717, 1.165) is 33.4 Å². The maximum absolute atomic E-state index is 9.17. The van der Waals surface area contributed by atoms with Crippen molar-refractivity contribution in [3.63, 3.8) is 0 Å². The summed E-state index contributed by atoms with van der Waals surface area (Å²) in [5.41, 5.74) is 5.92. The highest BCUT2D eigenvalue weighted by atomic mass is 35.5. The number of nitrogens with zero attached hydrogens (tertiary/aromatic N) is 3. The van der Waals surface area contributed by atoms with Gasteiger partial charge in [0.25, 0.3) is 0 Å². The van der Waals surface area contributed by atoms with Gasteiger partial charge in [-0.2, -0.15) is 5.26 Å². The van der Waals surface area contributed by atoms with Crippen LogP contribution in [-0.4, -0.2) is 15.0 Å². The number of halogens is 1. The van der Waals surface area contributed by atoms with Crippen LogP contribution in [0, 0.1) is 11.3 Å². The Morgan fingerprint density at radius 2 is 1.67 bits per heavy atom. The second-order valence-corrected chi connectivity index (χ2v) is 5.76. The highest BCUT2D eigenvalue weighted by Gasteiger charge is 2.16. The molecule has 1 N–H and O–H groups in total. The molecular weight excluding hydrogens is 320 g/mol. The standard InChI is InChI=1S/C19H11ClN4/c20-14-3-1-12(2-4-14)17-18(13-7-9-22-10-8-13)24-16-6-5-15(11-21)23-19(16)17/h1-10,24H. The van der Waals surface area contributed by atoms with Crippen molar-refractivity contribution in [1.82, 2.24) is 15.0 Å². The van der Waals surface area contributed by atoms with Crippen molar-refractivity contribution in [1.29, 1.82) is 5.26 Å². The van der Waals surface area contributed by atoms with Crippen LogP contribution >= 0.6 is 11.6 Å². The minimum Gasteiger partial charge on any atom is -0.353 e. The molecule has 0 saturated carbocycles. The molecule has 0 bridgehead atoms. The topological polar surface area (TPSA) is 65.4 Å². The Morgan fingerprint density at radius 3 is 2.38 bits per heavy atom. The molecule has 0 fully saturated rings. The van der Waals surface area contributed by atoms with Gasteiger partial charge in [0.1, 0.15) is 11.8 Å². The molecule has 4 aromatic rings. The van der Waals surface area contributed by atoms with Crippen molar-refractivity contribution < 1.29 is 0 Å². The van der Waals surface area contributed by atoms with Crippen molar-refractivity contribution in [2.24, 2.45) is 0 Å². The molecule has 4 nitrogen and oxygen atoms in total. The molecule has 0 radical (unpaired) electrons. The van der Waals surface area contributed by atoms with Crippen LogP contribution < -0.4 is 0 Å². The Morgan fingerprint density at radius 1 is 0.917 bits per heavy atom. The summed E-state index contributed by atoms with van der Waals surface area (Å²) in [6.07, 6.45) is 3.50. The number of nitriles is 1. The molecule has 4 rings (SSSR count). The first-order valence-corrected chi connectivity index (χ1v) is 7.73. The van der Waals surface area contributed by atoms with Crippen molar-refractivity contribution in [2.75, 3.05) is 0 Å². The van der Waals surface area contributed by atoms with Crippen molar-refractivity contribution in [2.45, 2.75) is 0 Å². The highest BCUT2D eigenvalue weighted by molar-refractivity contribution is 6.30. The summed E-state index contributed by atoms with van der Waals surface area (Å²) in [6, 6.07) is 17.2. The van der Waals surface area contributed by atoms with Crippen molar-refractivity contribution in [3.8, 4) is 28.5 Å². The summed E-state index contributed by atoms with van der Waals surface area (Å²) >= 11 is 6.02. The minimum absolute atomic E-state index is 0.387. The van der Waals surface area contributed by atoms with E-state index in [4.69, 9.17) is 11.6 Å². The average molecular weight is 331 g/mol. The summed E-state index contributed by atoms with van der Waals surface area (Å²) in [7, 11) is 0. The Labute approximate surface area is 143 Å². The summed E-state index contributed by atoms with van der Waals surface area (Å²) < 4.78 is 0. The van der Waals surface area contributed by atoms with Crippen molar-refractivity contribution in [3.05, 3.63) is 71.6 Å². The molecule has 0 unspecified atom stereocenters. The molecule has 0 saturated heterocycles. The van der Waals surface area contributed by atoms with Gasteiger partial charge in [-0.25, -0.2) is 4.98 Å². The van der Waals surface area contributed by atoms with E-state index in [2.05, 4.69) is 21.0 Å². The third-order valence-electron chi connectivity index (χ3n) is 3.86. The van der Waals surface area contributed by atoms with Crippen LogP contribution in [0.3, 0.4) is 0 Å². The molecule has 0 spiro atoms. The lowest BCUT2D eigenvalue weighted by Crippen LogP contribution is -1.85. The molecule has 3 aromatic heterocycles. The summed E-state index contributed by atoms with van der Waals surface area (Å²) in [5.74, 6) is 0. The number of hydrogen-bond donors (Lipinski definition) is 1. The number of fused-ring (bicyclic) bond motifs is 1. The number of aromatic amines is 1. The highest BCUT2D eigenvalue weighted by Crippen LogP contribution is 2.37. The van der Waals surface area contributed by atoms with Gasteiger partial charge >= 0.3 is 0 Å². The second-order valence-electron chi connectivity index (χ2n) is 5.32. The Kier molecular flexibility index (Phi) is 3.49. The molecule has 3 heterocycles. The van der Waals surface area contributed by atoms with E-state index >= 15 is 0 Å². The monoisotopic (exact) mass is 330 g/mol. The quantitative estimate of drug-likeness (QED) is 0.573. The van der Waals surface area contributed by atoms with Gasteiger partial charge in [0.15, 0.2) is 0 Å². The normalized spacial score (nSPS) is 10.7. The zero-order valence-corrected chi connectivity index (χ0v) is 13.2. The van der Waals surface area contributed by atoms with Gasteiger partial charge < -0.3 is 4.98 Å². The first kappa shape index (κ1) is 14.4. The zero-order valence-electron chi connectivity index (χ0n) is 12.5. The Bertz CT molecular complexity index is 1060. The van der Waals surface area contributed by atoms with Crippen LogP contribution in [0.15, 0.2) is 60.9 Å². The van der Waals surface area contributed by atoms with Gasteiger partial charge in [0, 0.05) is 28.5 Å². The fraction of sp³-hybridized carbons (Fsp3) is 0. The van der Waals surface area contributed by atoms with E-state index in [9.17, 15) is 5.26 Å². The summed E-state index contributed by atoms with van der Waals surface area (Å²) in [5, 5.41) is 9.85. The lowest BCUT2D eigenvalue weighted by atomic mass is 10.0. The van der Waals surface area contributed by atoms with E-state index in [0.29, 0.717) is 10.7 Å². The first-order chi connectivity index (χ1) is 11.8. The van der Waals surface area contributed by atoms with Crippen LogP contribution in [0.4, 0.5) is 0 Å².